The van der Waals surface area contributed by atoms with E-state index in [1.807, 2.05) is 0 Å². The molecule has 0 bridgehead atoms. The van der Waals surface area contributed by atoms with Crippen LogP contribution in [0.1, 0.15) is 41.0 Å². The van der Waals surface area contributed by atoms with Gasteiger partial charge in [0.25, 0.3) is 0 Å². The van der Waals surface area contributed by atoms with Crippen molar-refractivity contribution in [2.75, 3.05) is 33.4 Å². The smallest absolute Gasteiger partial charge is 0.102 e. The van der Waals surface area contributed by atoms with Crippen LogP contribution in [0.25, 0.3) is 0 Å². The Morgan fingerprint density at radius 1 is 1.05 bits per heavy atom. The van der Waals surface area contributed by atoms with E-state index in [-0.39, 0.29) is 17.2 Å². The fourth-order valence-corrected chi connectivity index (χ4v) is 2.72. The third-order valence-electron chi connectivity index (χ3n) is 4.40. The van der Waals surface area contributed by atoms with Gasteiger partial charge in [-0.05, 0) is 41.0 Å². The maximum absolute atomic E-state index is 6.14. The van der Waals surface area contributed by atoms with Crippen LogP contribution in [-0.2, 0) is 9.47 Å². The Balaban J connectivity index is 1.92. The Morgan fingerprint density at radius 2 is 1.79 bits per heavy atom. The highest BCUT2D eigenvalue weighted by atomic mass is 16.5. The summed E-state index contributed by atoms with van der Waals surface area (Å²) in [5, 5.41) is 3.25. The second-order valence-electron chi connectivity index (χ2n) is 7.09. The minimum absolute atomic E-state index is 0.00259. The minimum Gasteiger partial charge on any atom is -0.361 e. The van der Waals surface area contributed by atoms with Crippen LogP contribution in [0, 0.1) is 0 Å². The van der Waals surface area contributed by atoms with Crippen molar-refractivity contribution in [2.24, 2.45) is 0 Å². The van der Waals surface area contributed by atoms with E-state index < -0.39 is 0 Å². The molecule has 1 N–H and O–H groups in total. The fourth-order valence-electron chi connectivity index (χ4n) is 2.72. The summed E-state index contributed by atoms with van der Waals surface area (Å²) in [4.78, 5) is 4.71. The summed E-state index contributed by atoms with van der Waals surface area (Å²) in [5.74, 6) is 0. The summed E-state index contributed by atoms with van der Waals surface area (Å²) in [6.45, 7) is 15.2. The molecule has 0 aromatic carbocycles. The van der Waals surface area contributed by atoms with Crippen molar-refractivity contribution in [3.8, 4) is 0 Å². The topological polar surface area (TPSA) is 37.0 Å². The van der Waals surface area contributed by atoms with Crippen molar-refractivity contribution in [1.29, 1.82) is 0 Å². The van der Waals surface area contributed by atoms with E-state index in [1.165, 1.54) is 0 Å². The van der Waals surface area contributed by atoms with Crippen molar-refractivity contribution in [1.82, 2.24) is 15.1 Å². The van der Waals surface area contributed by atoms with Crippen molar-refractivity contribution in [3.05, 3.63) is 0 Å². The predicted molar refractivity (Wildman–Crippen MR) is 75.6 cm³/mol. The van der Waals surface area contributed by atoms with E-state index in [0.29, 0.717) is 13.5 Å². The molecule has 19 heavy (non-hydrogen) atoms. The molecule has 2 heterocycles. The number of nitrogens with one attached hydrogen (secondary N) is 1. The van der Waals surface area contributed by atoms with Crippen LogP contribution in [0.5, 0.6) is 0 Å². The maximum Gasteiger partial charge on any atom is 0.102 e. The van der Waals surface area contributed by atoms with Gasteiger partial charge in [-0.2, -0.15) is 0 Å². The molecule has 0 spiro atoms. The van der Waals surface area contributed by atoms with Crippen LogP contribution in [0.15, 0.2) is 0 Å². The van der Waals surface area contributed by atoms with Crippen molar-refractivity contribution in [3.63, 3.8) is 0 Å². The van der Waals surface area contributed by atoms with Crippen LogP contribution in [-0.4, -0.2) is 60.4 Å². The molecule has 0 aliphatic carbocycles. The first-order valence-corrected chi connectivity index (χ1v) is 7.22. The molecular weight excluding hydrogens is 242 g/mol. The molecule has 1 unspecified atom stereocenters. The van der Waals surface area contributed by atoms with Gasteiger partial charge in [-0.15, -0.1) is 0 Å². The van der Waals surface area contributed by atoms with Gasteiger partial charge in [0, 0.05) is 17.6 Å². The van der Waals surface area contributed by atoms with Gasteiger partial charge in [0.15, 0.2) is 0 Å². The molecular formula is C14H29N3O2. The van der Waals surface area contributed by atoms with Gasteiger partial charge in [-0.25, -0.2) is 0 Å². The fraction of sp³-hybridized carbons (Fsp3) is 1.00. The predicted octanol–water partition coefficient (Wildman–Crippen LogP) is 1.41. The molecule has 5 heteroatoms. The van der Waals surface area contributed by atoms with Crippen LogP contribution in [0.3, 0.4) is 0 Å². The molecule has 0 aromatic heterocycles. The summed E-state index contributed by atoms with van der Waals surface area (Å²) in [5.41, 5.74) is 0.183. The van der Waals surface area contributed by atoms with Crippen molar-refractivity contribution < 1.29 is 9.47 Å². The zero-order valence-corrected chi connectivity index (χ0v) is 13.0. The zero-order chi connectivity index (χ0) is 14.1. The highest BCUT2D eigenvalue weighted by molar-refractivity contribution is 4.92. The Labute approximate surface area is 117 Å². The molecule has 2 rings (SSSR count). The number of rotatable bonds is 2. The standard InChI is InChI=1S/C14H29N3O2/c1-13(2,3)16-7-6-12(19-11-16)14(4,5)17-8-15-9-18-10-17/h12,15H,6-11H2,1-5H3. The first-order chi connectivity index (χ1) is 8.82. The van der Waals surface area contributed by atoms with E-state index in [9.17, 15) is 0 Å². The highest BCUT2D eigenvalue weighted by Gasteiger charge is 2.40. The summed E-state index contributed by atoms with van der Waals surface area (Å²) in [6, 6.07) is 0. The second-order valence-corrected chi connectivity index (χ2v) is 7.09. The molecule has 2 fully saturated rings. The van der Waals surface area contributed by atoms with Gasteiger partial charge in [-0.1, -0.05) is 0 Å². The van der Waals surface area contributed by atoms with Gasteiger partial charge < -0.3 is 9.47 Å². The molecule has 0 saturated carbocycles. The molecule has 2 aliphatic rings. The number of ether oxygens (including phenoxy) is 2. The SMILES string of the molecule is CC(C)(C)N1CCC(C(C)(C)N2CNCOC2)OC1. The van der Waals surface area contributed by atoms with Gasteiger partial charge in [0.1, 0.15) is 6.73 Å². The Kier molecular flexibility index (Phi) is 4.52. The summed E-state index contributed by atoms with van der Waals surface area (Å²) in [6.07, 6.45) is 1.33. The minimum atomic E-state index is -0.00259. The highest BCUT2D eigenvalue weighted by Crippen LogP contribution is 2.29. The Hall–Kier alpha value is -0.200. The van der Waals surface area contributed by atoms with Gasteiger partial charge in [0.2, 0.25) is 0 Å². The van der Waals surface area contributed by atoms with Crippen molar-refractivity contribution >= 4 is 0 Å². The lowest BCUT2D eigenvalue weighted by Crippen LogP contribution is -2.62. The van der Waals surface area contributed by atoms with E-state index >= 15 is 0 Å². The lowest BCUT2D eigenvalue weighted by molar-refractivity contribution is -0.172. The van der Waals surface area contributed by atoms with Crippen LogP contribution >= 0.6 is 0 Å². The lowest BCUT2D eigenvalue weighted by atomic mass is 9.91. The number of nitrogens with zero attached hydrogens (tertiary/aromatic N) is 2. The normalized spacial score (nSPS) is 28.6. The van der Waals surface area contributed by atoms with Gasteiger partial charge in [-0.3, -0.25) is 15.1 Å². The number of hydrogen-bond acceptors (Lipinski definition) is 5. The molecule has 1 atom stereocenters. The molecule has 2 aliphatic heterocycles. The van der Waals surface area contributed by atoms with E-state index in [4.69, 9.17) is 9.47 Å². The molecule has 0 radical (unpaired) electrons. The Bertz CT molecular complexity index is 288. The molecule has 112 valence electrons. The second kappa shape index (κ2) is 5.66. The summed E-state index contributed by atoms with van der Waals surface area (Å²) in [7, 11) is 0. The van der Waals surface area contributed by atoms with E-state index in [1.54, 1.807) is 0 Å². The third-order valence-corrected chi connectivity index (χ3v) is 4.40. The molecule has 5 nitrogen and oxygen atoms in total. The van der Waals surface area contributed by atoms with E-state index in [2.05, 4.69) is 49.7 Å². The average Bonchev–Trinajstić information content (AvgIpc) is 2.39. The zero-order valence-electron chi connectivity index (χ0n) is 13.0. The van der Waals surface area contributed by atoms with Gasteiger partial charge >= 0.3 is 0 Å². The molecule has 2 saturated heterocycles. The monoisotopic (exact) mass is 271 g/mol. The third kappa shape index (κ3) is 3.47. The summed E-state index contributed by atoms with van der Waals surface area (Å²) >= 11 is 0. The van der Waals surface area contributed by atoms with Gasteiger partial charge in [0.05, 0.1) is 26.2 Å². The average molecular weight is 271 g/mol. The lowest BCUT2D eigenvalue weighted by Gasteiger charge is -2.49. The molecule has 0 amide bonds. The van der Waals surface area contributed by atoms with Crippen LogP contribution in [0.2, 0.25) is 0 Å². The van der Waals surface area contributed by atoms with Crippen LogP contribution < -0.4 is 5.32 Å². The first-order valence-electron chi connectivity index (χ1n) is 7.22. The Morgan fingerprint density at radius 3 is 2.26 bits per heavy atom. The number of hydrogen-bond donors (Lipinski definition) is 1. The summed E-state index contributed by atoms with van der Waals surface area (Å²) < 4.78 is 11.6. The van der Waals surface area contributed by atoms with Crippen LogP contribution in [0.4, 0.5) is 0 Å². The maximum atomic E-state index is 6.14. The quantitative estimate of drug-likeness (QED) is 0.822. The molecule has 0 aromatic rings. The first kappa shape index (κ1) is 15.2. The van der Waals surface area contributed by atoms with Crippen molar-refractivity contribution in [2.45, 2.75) is 58.2 Å². The largest absolute Gasteiger partial charge is 0.361 e. The van der Waals surface area contributed by atoms with E-state index in [0.717, 1.165) is 26.4 Å².